The van der Waals surface area contributed by atoms with E-state index in [2.05, 4.69) is 24.1 Å². The summed E-state index contributed by atoms with van der Waals surface area (Å²) < 4.78 is 0. The van der Waals surface area contributed by atoms with Gasteiger partial charge in [-0.2, -0.15) is 0 Å². The van der Waals surface area contributed by atoms with E-state index >= 15 is 0 Å². The molecule has 1 heterocycles. The lowest BCUT2D eigenvalue weighted by Gasteiger charge is -2.23. The maximum atomic E-state index is 11.9. The molecule has 0 radical (unpaired) electrons. The van der Waals surface area contributed by atoms with E-state index in [9.17, 15) is 4.79 Å². The van der Waals surface area contributed by atoms with Crippen LogP contribution >= 0.6 is 11.6 Å². The van der Waals surface area contributed by atoms with Crippen molar-refractivity contribution in [1.29, 1.82) is 0 Å². The van der Waals surface area contributed by atoms with Gasteiger partial charge in [0.15, 0.2) is 0 Å². The van der Waals surface area contributed by atoms with Crippen LogP contribution in [0.3, 0.4) is 0 Å². The average Bonchev–Trinajstić information content (AvgIpc) is 2.26. The molecule has 0 atom stereocenters. The fourth-order valence-electron chi connectivity index (χ4n) is 1.44. The molecule has 0 aliphatic rings. The molecule has 0 spiro atoms. The summed E-state index contributed by atoms with van der Waals surface area (Å²) in [5.74, 6) is 0.526. The molecule has 4 heteroatoms. The van der Waals surface area contributed by atoms with Gasteiger partial charge >= 0.3 is 0 Å². The van der Waals surface area contributed by atoms with Crippen molar-refractivity contribution >= 4 is 17.5 Å². The van der Waals surface area contributed by atoms with E-state index in [0.717, 1.165) is 12.0 Å². The second-order valence-corrected chi connectivity index (χ2v) is 5.41. The van der Waals surface area contributed by atoms with Gasteiger partial charge in [-0.15, -0.1) is 11.6 Å². The molecular formula is C13H19ClN2O. The van der Waals surface area contributed by atoms with E-state index < -0.39 is 0 Å². The highest BCUT2D eigenvalue weighted by Crippen LogP contribution is 2.19. The lowest BCUT2D eigenvalue weighted by Crippen LogP contribution is -2.34. The van der Waals surface area contributed by atoms with E-state index in [1.807, 2.05) is 13.0 Å². The van der Waals surface area contributed by atoms with E-state index in [-0.39, 0.29) is 11.3 Å². The number of hydrogen-bond donors (Lipinski definition) is 1. The third-order valence-electron chi connectivity index (χ3n) is 2.64. The largest absolute Gasteiger partial charge is 0.351 e. The molecule has 0 bridgehead atoms. The molecule has 1 aromatic heterocycles. The van der Waals surface area contributed by atoms with Crippen molar-refractivity contribution in [2.24, 2.45) is 5.41 Å². The van der Waals surface area contributed by atoms with Crippen LogP contribution < -0.4 is 5.32 Å². The Labute approximate surface area is 108 Å². The van der Waals surface area contributed by atoms with Crippen LogP contribution in [0.2, 0.25) is 0 Å². The minimum atomic E-state index is -0.0798. The number of alkyl halides is 1. The Morgan fingerprint density at radius 1 is 1.47 bits per heavy atom. The monoisotopic (exact) mass is 254 g/mol. The van der Waals surface area contributed by atoms with Crippen molar-refractivity contribution in [2.75, 3.05) is 12.4 Å². The lowest BCUT2D eigenvalue weighted by molar-refractivity contribution is 0.0935. The van der Waals surface area contributed by atoms with Gasteiger partial charge < -0.3 is 5.32 Å². The molecule has 0 aliphatic heterocycles. The van der Waals surface area contributed by atoms with Gasteiger partial charge in [0.1, 0.15) is 0 Å². The first-order chi connectivity index (χ1) is 7.94. The number of carbonyl (C=O) groups excluding carboxylic acids is 1. The summed E-state index contributed by atoms with van der Waals surface area (Å²) in [6.45, 7) is 6.71. The third kappa shape index (κ3) is 4.73. The normalized spacial score (nSPS) is 11.3. The van der Waals surface area contributed by atoms with Crippen molar-refractivity contribution < 1.29 is 4.79 Å². The van der Waals surface area contributed by atoms with Crippen LogP contribution in [-0.2, 0) is 0 Å². The van der Waals surface area contributed by atoms with E-state index in [1.165, 1.54) is 0 Å². The lowest BCUT2D eigenvalue weighted by atomic mass is 9.90. The molecule has 1 N–H and O–H groups in total. The Balaban J connectivity index is 2.56. The molecule has 0 unspecified atom stereocenters. The van der Waals surface area contributed by atoms with Gasteiger partial charge in [-0.05, 0) is 30.4 Å². The molecule has 3 nitrogen and oxygen atoms in total. The zero-order valence-electron chi connectivity index (χ0n) is 10.6. The predicted molar refractivity (Wildman–Crippen MR) is 70.4 cm³/mol. The third-order valence-corrected chi connectivity index (χ3v) is 2.82. The number of nitrogens with one attached hydrogen (secondary N) is 1. The second kappa shape index (κ2) is 6.01. The van der Waals surface area contributed by atoms with Crippen LogP contribution in [0.1, 0.15) is 36.2 Å². The van der Waals surface area contributed by atoms with Crippen molar-refractivity contribution in [2.45, 2.75) is 27.2 Å². The fraction of sp³-hybridized carbons (Fsp3) is 0.538. The number of halogens is 1. The molecule has 0 saturated heterocycles. The summed E-state index contributed by atoms with van der Waals surface area (Å²) in [5, 5.41) is 2.91. The first-order valence-electron chi connectivity index (χ1n) is 5.70. The molecular weight excluding hydrogens is 236 g/mol. The SMILES string of the molecule is Cc1cncc(C(=O)NCC(C)(C)CCCl)c1. The first kappa shape index (κ1) is 14.0. The zero-order valence-corrected chi connectivity index (χ0v) is 11.3. The van der Waals surface area contributed by atoms with Crippen molar-refractivity contribution in [3.05, 3.63) is 29.6 Å². The number of aryl methyl sites for hydroxylation is 1. The topological polar surface area (TPSA) is 42.0 Å². The highest BCUT2D eigenvalue weighted by Gasteiger charge is 2.18. The van der Waals surface area contributed by atoms with Gasteiger partial charge in [0.2, 0.25) is 0 Å². The quantitative estimate of drug-likeness (QED) is 0.821. The summed E-state index contributed by atoms with van der Waals surface area (Å²) >= 11 is 5.72. The summed E-state index contributed by atoms with van der Waals surface area (Å²) in [5.41, 5.74) is 1.61. The van der Waals surface area contributed by atoms with E-state index in [0.29, 0.717) is 18.0 Å². The molecule has 1 rings (SSSR count). The van der Waals surface area contributed by atoms with Gasteiger partial charge in [-0.1, -0.05) is 13.8 Å². The Morgan fingerprint density at radius 3 is 2.76 bits per heavy atom. The van der Waals surface area contributed by atoms with Gasteiger partial charge in [-0.25, -0.2) is 0 Å². The summed E-state index contributed by atoms with van der Waals surface area (Å²) in [6, 6.07) is 1.83. The van der Waals surface area contributed by atoms with Crippen molar-refractivity contribution in [3.8, 4) is 0 Å². The summed E-state index contributed by atoms with van der Waals surface area (Å²) in [6.07, 6.45) is 4.19. The van der Waals surface area contributed by atoms with Gasteiger partial charge in [-0.3, -0.25) is 9.78 Å². The van der Waals surface area contributed by atoms with Gasteiger partial charge in [0.25, 0.3) is 5.91 Å². The number of carbonyl (C=O) groups is 1. The number of amides is 1. The maximum Gasteiger partial charge on any atom is 0.252 e. The molecule has 1 aromatic rings. The smallest absolute Gasteiger partial charge is 0.252 e. The van der Waals surface area contributed by atoms with Crippen LogP contribution in [0.4, 0.5) is 0 Å². The Morgan fingerprint density at radius 2 is 2.18 bits per heavy atom. The number of aromatic nitrogens is 1. The van der Waals surface area contributed by atoms with E-state index in [4.69, 9.17) is 11.6 Å². The number of nitrogens with zero attached hydrogens (tertiary/aromatic N) is 1. The Bertz CT molecular complexity index is 391. The standard InChI is InChI=1S/C13H19ClN2O/c1-10-6-11(8-15-7-10)12(17)16-9-13(2,3)4-5-14/h6-8H,4-5,9H2,1-3H3,(H,16,17). The first-order valence-corrected chi connectivity index (χ1v) is 6.24. The van der Waals surface area contributed by atoms with Crippen molar-refractivity contribution in [1.82, 2.24) is 10.3 Å². The highest BCUT2D eigenvalue weighted by molar-refractivity contribution is 6.17. The van der Waals surface area contributed by atoms with Gasteiger partial charge in [0, 0.05) is 24.8 Å². The molecule has 0 saturated carbocycles. The maximum absolute atomic E-state index is 11.9. The molecule has 0 aliphatic carbocycles. The summed E-state index contributed by atoms with van der Waals surface area (Å²) in [4.78, 5) is 15.9. The Kier molecular flexibility index (Phi) is 4.94. The zero-order chi connectivity index (χ0) is 12.9. The molecule has 94 valence electrons. The molecule has 17 heavy (non-hydrogen) atoms. The highest BCUT2D eigenvalue weighted by atomic mass is 35.5. The molecule has 0 fully saturated rings. The van der Waals surface area contributed by atoms with Crippen LogP contribution in [0, 0.1) is 12.3 Å². The molecule has 0 aromatic carbocycles. The summed E-state index contributed by atoms with van der Waals surface area (Å²) in [7, 11) is 0. The second-order valence-electron chi connectivity index (χ2n) is 5.04. The van der Waals surface area contributed by atoms with Crippen LogP contribution in [0.5, 0.6) is 0 Å². The van der Waals surface area contributed by atoms with Crippen LogP contribution in [-0.4, -0.2) is 23.3 Å². The number of rotatable bonds is 5. The van der Waals surface area contributed by atoms with E-state index in [1.54, 1.807) is 12.4 Å². The fourth-order valence-corrected chi connectivity index (χ4v) is 1.96. The van der Waals surface area contributed by atoms with Gasteiger partial charge in [0.05, 0.1) is 5.56 Å². The predicted octanol–water partition coefficient (Wildman–Crippen LogP) is 2.77. The van der Waals surface area contributed by atoms with Crippen LogP contribution in [0.25, 0.3) is 0 Å². The number of pyridine rings is 1. The minimum Gasteiger partial charge on any atom is -0.351 e. The average molecular weight is 255 g/mol. The van der Waals surface area contributed by atoms with Crippen LogP contribution in [0.15, 0.2) is 18.5 Å². The number of hydrogen-bond acceptors (Lipinski definition) is 2. The molecule has 1 amide bonds. The van der Waals surface area contributed by atoms with Crippen molar-refractivity contribution in [3.63, 3.8) is 0 Å². The minimum absolute atomic E-state index is 0.0225. The Hall–Kier alpha value is -1.09.